The molecule has 2 atom stereocenters. The molecule has 0 amide bonds. The quantitative estimate of drug-likeness (QED) is 0.0370. The maximum absolute atomic E-state index is 6.21. The molecule has 4 aromatic carbocycles. The van der Waals surface area contributed by atoms with Gasteiger partial charge in [0.15, 0.2) is 0 Å². The molecule has 2 unspecified atom stereocenters. The van der Waals surface area contributed by atoms with Crippen molar-refractivity contribution in [3.05, 3.63) is 130 Å². The minimum absolute atomic E-state index is 0.0530. The summed E-state index contributed by atoms with van der Waals surface area (Å²) < 4.78 is 0. The lowest BCUT2D eigenvalue weighted by atomic mass is 9.62. The van der Waals surface area contributed by atoms with Crippen LogP contribution in [-0.4, -0.2) is 0 Å². The van der Waals surface area contributed by atoms with Crippen LogP contribution in [0, 0.1) is 5.92 Å². The van der Waals surface area contributed by atoms with Crippen molar-refractivity contribution in [1.29, 1.82) is 0 Å². The van der Waals surface area contributed by atoms with Gasteiger partial charge in [0.2, 0.25) is 0 Å². The Hall–Kier alpha value is -3.52. The van der Waals surface area contributed by atoms with Crippen LogP contribution in [-0.2, 0) is 5.41 Å². The number of hydrogen-bond acceptors (Lipinski definition) is 2. The molecule has 0 aromatic heterocycles. The molecule has 0 saturated heterocycles. The van der Waals surface area contributed by atoms with E-state index < -0.39 is 0 Å². The molecule has 0 spiro atoms. The maximum atomic E-state index is 6.21. The molecular formula is C62H94N2. The maximum Gasteiger partial charge on any atom is 0.0314 e. The largest absolute Gasteiger partial charge is 0.399 e. The monoisotopic (exact) mass is 867 g/mol. The average molecular weight is 867 g/mol. The van der Waals surface area contributed by atoms with E-state index in [-0.39, 0.29) is 5.41 Å². The Morgan fingerprint density at radius 1 is 0.375 bits per heavy atom. The zero-order chi connectivity index (χ0) is 45.1. The van der Waals surface area contributed by atoms with Crippen molar-refractivity contribution < 1.29 is 0 Å². The number of benzene rings is 4. The van der Waals surface area contributed by atoms with Crippen molar-refractivity contribution in [3.63, 3.8) is 0 Å². The predicted octanol–water partition coefficient (Wildman–Crippen LogP) is 19.2. The van der Waals surface area contributed by atoms with Crippen molar-refractivity contribution in [1.82, 2.24) is 0 Å². The molecule has 5 rings (SSSR count). The van der Waals surface area contributed by atoms with Gasteiger partial charge in [-0.1, -0.05) is 254 Å². The van der Waals surface area contributed by atoms with Crippen molar-refractivity contribution in [3.8, 4) is 0 Å². The first kappa shape index (κ1) is 51.5. The van der Waals surface area contributed by atoms with E-state index in [1.54, 1.807) is 0 Å². The van der Waals surface area contributed by atoms with Gasteiger partial charge in [-0.3, -0.25) is 0 Å². The third-order valence-corrected chi connectivity index (χ3v) is 15.5. The molecule has 1 aliphatic carbocycles. The summed E-state index contributed by atoms with van der Waals surface area (Å²) in [5, 5.41) is 0. The molecule has 1 aliphatic rings. The van der Waals surface area contributed by atoms with Crippen LogP contribution in [0.25, 0.3) is 0 Å². The third kappa shape index (κ3) is 17.0. The lowest BCUT2D eigenvalue weighted by Crippen LogP contribution is -2.33. The molecule has 0 radical (unpaired) electrons. The standard InChI is InChI=1S/C62H94N2/c1-4-7-10-13-15-17-19-21-23-26-29-60(54-35-43-58(63)44-36-54)52-31-39-56(40-32-52)62(49-47-51(48-50-62)28-25-12-9-6-3)57-41-33-53(34-42-57)61(55-37-45-59(64)46-38-55)30-27-24-22-20-18-16-14-11-8-5-2/h31-46,51,60-61H,4-30,47-50,63-64H2,1-3H3. The molecule has 1 fully saturated rings. The Balaban J connectivity index is 1.31. The summed E-state index contributed by atoms with van der Waals surface area (Å²) in [6, 6.07) is 37.7. The molecule has 0 aliphatic heterocycles. The fourth-order valence-electron chi connectivity index (χ4n) is 11.3. The normalized spacial score (nSPS) is 17.4. The highest BCUT2D eigenvalue weighted by Crippen LogP contribution is 2.48. The van der Waals surface area contributed by atoms with Crippen LogP contribution in [0.4, 0.5) is 11.4 Å². The highest BCUT2D eigenvalue weighted by atomic mass is 14.5. The van der Waals surface area contributed by atoms with E-state index in [4.69, 9.17) is 11.5 Å². The first-order valence-corrected chi connectivity index (χ1v) is 27.4. The smallest absolute Gasteiger partial charge is 0.0314 e. The highest BCUT2D eigenvalue weighted by Gasteiger charge is 2.38. The lowest BCUT2D eigenvalue weighted by Gasteiger charge is -2.42. The summed E-state index contributed by atoms with van der Waals surface area (Å²) in [5.74, 6) is 1.66. The molecule has 0 heterocycles. The van der Waals surface area contributed by atoms with Crippen LogP contribution >= 0.6 is 0 Å². The van der Waals surface area contributed by atoms with E-state index in [9.17, 15) is 0 Å². The summed E-state index contributed by atoms with van der Waals surface area (Å²) >= 11 is 0. The van der Waals surface area contributed by atoms with E-state index in [0.29, 0.717) is 11.8 Å². The van der Waals surface area contributed by atoms with Gasteiger partial charge in [-0.05, 0) is 102 Å². The van der Waals surface area contributed by atoms with Crippen LogP contribution in [0.5, 0.6) is 0 Å². The molecule has 64 heavy (non-hydrogen) atoms. The van der Waals surface area contributed by atoms with E-state index in [0.717, 1.165) is 17.3 Å². The topological polar surface area (TPSA) is 52.0 Å². The molecule has 2 heteroatoms. The summed E-state index contributed by atoms with van der Waals surface area (Å²) in [6.45, 7) is 6.95. The van der Waals surface area contributed by atoms with Crippen LogP contribution in [0.2, 0.25) is 0 Å². The van der Waals surface area contributed by atoms with Gasteiger partial charge in [0.05, 0.1) is 0 Å². The molecule has 2 nitrogen and oxygen atoms in total. The van der Waals surface area contributed by atoms with Crippen LogP contribution in [0.3, 0.4) is 0 Å². The zero-order valence-corrected chi connectivity index (χ0v) is 41.5. The first-order chi connectivity index (χ1) is 31.5. The van der Waals surface area contributed by atoms with Gasteiger partial charge in [-0.25, -0.2) is 0 Å². The minimum atomic E-state index is 0.0530. The van der Waals surface area contributed by atoms with Gasteiger partial charge in [0, 0.05) is 28.6 Å². The Labute approximate surface area is 394 Å². The number of unbranched alkanes of at least 4 members (excludes halogenated alkanes) is 21. The van der Waals surface area contributed by atoms with Gasteiger partial charge in [0.25, 0.3) is 0 Å². The van der Waals surface area contributed by atoms with Gasteiger partial charge in [-0.2, -0.15) is 0 Å². The number of anilines is 2. The minimum Gasteiger partial charge on any atom is -0.399 e. The fourth-order valence-corrected chi connectivity index (χ4v) is 11.3. The van der Waals surface area contributed by atoms with Crippen molar-refractivity contribution in [2.45, 2.75) is 237 Å². The Kier molecular flexibility index (Phi) is 24.0. The second-order valence-corrected chi connectivity index (χ2v) is 20.5. The Morgan fingerprint density at radius 3 is 0.984 bits per heavy atom. The SMILES string of the molecule is CCCCCCCCCCCCC(c1ccc(N)cc1)c1ccc(C2(c3ccc(C(CCCCCCCCCCCC)c4ccc(N)cc4)cc3)CCC(CCCCCC)CC2)cc1. The number of rotatable bonds is 33. The Morgan fingerprint density at radius 2 is 0.656 bits per heavy atom. The van der Waals surface area contributed by atoms with Crippen molar-refractivity contribution in [2.24, 2.45) is 5.92 Å². The second kappa shape index (κ2) is 29.9. The number of nitrogens with two attached hydrogens (primary N) is 2. The molecule has 4 N–H and O–H groups in total. The van der Waals surface area contributed by atoms with Crippen molar-refractivity contribution >= 4 is 11.4 Å². The summed E-state index contributed by atoms with van der Waals surface area (Å²) in [6.07, 6.45) is 41.9. The number of nitrogen functional groups attached to an aromatic ring is 2. The van der Waals surface area contributed by atoms with Gasteiger partial charge >= 0.3 is 0 Å². The van der Waals surface area contributed by atoms with E-state index in [1.165, 1.54) is 232 Å². The highest BCUT2D eigenvalue weighted by molar-refractivity contribution is 5.47. The number of hydrogen-bond donors (Lipinski definition) is 2. The first-order valence-electron chi connectivity index (χ1n) is 27.4. The van der Waals surface area contributed by atoms with Gasteiger partial charge in [0.1, 0.15) is 0 Å². The summed E-state index contributed by atoms with van der Waals surface area (Å²) in [7, 11) is 0. The molecule has 4 aromatic rings. The van der Waals surface area contributed by atoms with Gasteiger partial charge in [-0.15, -0.1) is 0 Å². The zero-order valence-electron chi connectivity index (χ0n) is 41.5. The van der Waals surface area contributed by atoms with E-state index in [1.807, 2.05) is 0 Å². The van der Waals surface area contributed by atoms with Crippen molar-refractivity contribution in [2.75, 3.05) is 11.5 Å². The van der Waals surface area contributed by atoms with Crippen LogP contribution < -0.4 is 11.5 Å². The summed E-state index contributed by atoms with van der Waals surface area (Å²) in [5.41, 5.74) is 22.9. The second-order valence-electron chi connectivity index (χ2n) is 20.5. The fraction of sp³-hybridized carbons (Fsp3) is 0.613. The average Bonchev–Trinajstić information content (AvgIpc) is 3.33. The third-order valence-electron chi connectivity index (χ3n) is 15.5. The lowest BCUT2D eigenvalue weighted by molar-refractivity contribution is 0.250. The van der Waals surface area contributed by atoms with Crippen LogP contribution in [0.1, 0.15) is 265 Å². The van der Waals surface area contributed by atoms with E-state index >= 15 is 0 Å². The molecule has 0 bridgehead atoms. The molecule has 1 saturated carbocycles. The Bertz CT molecular complexity index is 1630. The summed E-state index contributed by atoms with van der Waals surface area (Å²) in [4.78, 5) is 0. The van der Waals surface area contributed by atoms with E-state index in [2.05, 4.69) is 118 Å². The van der Waals surface area contributed by atoms with Gasteiger partial charge < -0.3 is 11.5 Å². The molecule has 352 valence electrons. The molecular weight excluding hydrogens is 773 g/mol. The predicted molar refractivity (Wildman–Crippen MR) is 283 cm³/mol. The van der Waals surface area contributed by atoms with Crippen LogP contribution in [0.15, 0.2) is 97.1 Å².